The molecule has 122 valence electrons. The van der Waals surface area contributed by atoms with Crippen LogP contribution in [0.2, 0.25) is 0 Å². The second-order valence-corrected chi connectivity index (χ2v) is 6.08. The Labute approximate surface area is 122 Å². The maximum absolute atomic E-state index is 12.8. The smallest absolute Gasteiger partial charge is 0.391 e. The molecule has 1 N–H and O–H groups in total. The first-order chi connectivity index (χ1) is 9.86. The Bertz CT molecular complexity index is 355. The van der Waals surface area contributed by atoms with Crippen molar-refractivity contribution in [2.75, 3.05) is 32.7 Å². The normalized spacial score (nSPS) is 29.5. The minimum absolute atomic E-state index is 0.0343. The third kappa shape index (κ3) is 4.85. The molecule has 4 nitrogen and oxygen atoms in total. The number of alkyl halides is 3. The fourth-order valence-corrected chi connectivity index (χ4v) is 3.40. The van der Waals surface area contributed by atoms with Gasteiger partial charge in [-0.15, -0.1) is 0 Å². The average molecular weight is 308 g/mol. The predicted molar refractivity (Wildman–Crippen MR) is 72.1 cm³/mol. The van der Waals surface area contributed by atoms with Crippen LogP contribution >= 0.6 is 0 Å². The molecule has 0 aromatic carbocycles. The maximum atomic E-state index is 12.8. The largest absolute Gasteiger partial charge is 0.481 e. The summed E-state index contributed by atoms with van der Waals surface area (Å²) in [5.74, 6) is -1.96. The van der Waals surface area contributed by atoms with E-state index < -0.39 is 18.1 Å². The van der Waals surface area contributed by atoms with Crippen LogP contribution in [-0.4, -0.2) is 65.8 Å². The fourth-order valence-electron chi connectivity index (χ4n) is 3.40. The summed E-state index contributed by atoms with van der Waals surface area (Å²) in [6.45, 7) is 3.52. The first-order valence-electron chi connectivity index (χ1n) is 7.61. The molecule has 2 aliphatic rings. The zero-order valence-corrected chi connectivity index (χ0v) is 12.1. The van der Waals surface area contributed by atoms with E-state index in [1.807, 2.05) is 0 Å². The van der Waals surface area contributed by atoms with Gasteiger partial charge in [-0.25, -0.2) is 0 Å². The molecule has 1 aliphatic heterocycles. The molecule has 0 amide bonds. The molecule has 0 spiro atoms. The molecule has 0 aromatic rings. The average Bonchev–Trinajstić information content (AvgIpc) is 2.45. The van der Waals surface area contributed by atoms with Gasteiger partial charge in [-0.3, -0.25) is 9.69 Å². The van der Waals surface area contributed by atoms with Gasteiger partial charge in [0.15, 0.2) is 0 Å². The lowest BCUT2D eigenvalue weighted by atomic mass is 9.84. The number of nitrogens with zero attached hydrogens (tertiary/aromatic N) is 2. The van der Waals surface area contributed by atoms with E-state index in [2.05, 4.69) is 9.80 Å². The van der Waals surface area contributed by atoms with Crippen LogP contribution in [0.25, 0.3) is 0 Å². The molecular weight excluding hydrogens is 285 g/mol. The summed E-state index contributed by atoms with van der Waals surface area (Å²) in [5.41, 5.74) is 0. The lowest BCUT2D eigenvalue weighted by Crippen LogP contribution is -2.52. The second-order valence-electron chi connectivity index (χ2n) is 6.08. The zero-order chi connectivity index (χ0) is 15.5. The van der Waals surface area contributed by atoms with Crippen LogP contribution < -0.4 is 0 Å². The van der Waals surface area contributed by atoms with Gasteiger partial charge in [0.2, 0.25) is 0 Å². The Morgan fingerprint density at radius 1 is 1.14 bits per heavy atom. The molecule has 2 fully saturated rings. The quantitative estimate of drug-likeness (QED) is 0.865. The highest BCUT2D eigenvalue weighted by Gasteiger charge is 2.43. The van der Waals surface area contributed by atoms with Crippen molar-refractivity contribution in [1.82, 2.24) is 9.80 Å². The van der Waals surface area contributed by atoms with E-state index in [9.17, 15) is 18.0 Å². The predicted octanol–water partition coefficient (Wildman–Crippen LogP) is 2.20. The third-order valence-corrected chi connectivity index (χ3v) is 4.67. The molecule has 0 aromatic heterocycles. The van der Waals surface area contributed by atoms with E-state index in [-0.39, 0.29) is 25.3 Å². The Morgan fingerprint density at radius 2 is 1.81 bits per heavy atom. The van der Waals surface area contributed by atoms with Gasteiger partial charge in [-0.2, -0.15) is 13.2 Å². The van der Waals surface area contributed by atoms with Gasteiger partial charge in [0, 0.05) is 38.8 Å². The summed E-state index contributed by atoms with van der Waals surface area (Å²) < 4.78 is 38.5. The number of hydrogen-bond acceptors (Lipinski definition) is 3. The van der Waals surface area contributed by atoms with Crippen molar-refractivity contribution in [2.24, 2.45) is 5.92 Å². The van der Waals surface area contributed by atoms with Crippen molar-refractivity contribution in [1.29, 1.82) is 0 Å². The van der Waals surface area contributed by atoms with Crippen molar-refractivity contribution in [3.05, 3.63) is 0 Å². The number of halogens is 3. The molecule has 21 heavy (non-hydrogen) atoms. The summed E-state index contributed by atoms with van der Waals surface area (Å²) in [4.78, 5) is 14.8. The lowest BCUT2D eigenvalue weighted by molar-refractivity contribution is -0.187. The van der Waals surface area contributed by atoms with E-state index in [0.717, 1.165) is 32.6 Å². The number of carboxylic acid groups (broad SMARTS) is 1. The molecule has 2 unspecified atom stereocenters. The first kappa shape index (κ1) is 16.5. The Kier molecular flexibility index (Phi) is 5.48. The first-order valence-corrected chi connectivity index (χ1v) is 7.61. The van der Waals surface area contributed by atoms with Gasteiger partial charge in [-0.1, -0.05) is 6.42 Å². The molecule has 1 aliphatic carbocycles. The van der Waals surface area contributed by atoms with Gasteiger partial charge in [0.25, 0.3) is 0 Å². The molecular formula is C14H23F3N2O2. The summed E-state index contributed by atoms with van der Waals surface area (Å²) in [7, 11) is 0. The van der Waals surface area contributed by atoms with Crippen LogP contribution in [-0.2, 0) is 4.79 Å². The maximum Gasteiger partial charge on any atom is 0.391 e. The molecule has 7 heteroatoms. The Morgan fingerprint density at radius 3 is 2.38 bits per heavy atom. The van der Waals surface area contributed by atoms with Crippen LogP contribution in [0.15, 0.2) is 0 Å². The van der Waals surface area contributed by atoms with Gasteiger partial charge < -0.3 is 10.0 Å². The summed E-state index contributed by atoms with van der Waals surface area (Å²) in [6, 6.07) is 0.0343. The van der Waals surface area contributed by atoms with Crippen molar-refractivity contribution < 1.29 is 23.1 Å². The Balaban J connectivity index is 1.78. The van der Waals surface area contributed by atoms with Crippen LogP contribution in [0.3, 0.4) is 0 Å². The molecule has 2 atom stereocenters. The standard InChI is InChI=1S/C14H23F3N2O2/c15-14(16,17)11-2-1-3-12(10-11)19-8-6-18(7-9-19)5-4-13(20)21/h11-12H,1-10H2,(H,20,21). The van der Waals surface area contributed by atoms with Crippen LogP contribution in [0.1, 0.15) is 32.1 Å². The minimum Gasteiger partial charge on any atom is -0.481 e. The highest BCUT2D eigenvalue weighted by atomic mass is 19.4. The van der Waals surface area contributed by atoms with Crippen molar-refractivity contribution in [3.8, 4) is 0 Å². The van der Waals surface area contributed by atoms with Crippen LogP contribution in [0.5, 0.6) is 0 Å². The monoisotopic (exact) mass is 308 g/mol. The number of aliphatic carboxylic acids is 1. The van der Waals surface area contributed by atoms with E-state index >= 15 is 0 Å². The van der Waals surface area contributed by atoms with E-state index in [4.69, 9.17) is 5.11 Å². The van der Waals surface area contributed by atoms with E-state index in [1.54, 1.807) is 0 Å². The van der Waals surface area contributed by atoms with Gasteiger partial charge >= 0.3 is 12.1 Å². The van der Waals surface area contributed by atoms with E-state index in [1.165, 1.54) is 0 Å². The summed E-state index contributed by atoms with van der Waals surface area (Å²) in [5, 5.41) is 8.66. The minimum atomic E-state index is -4.07. The van der Waals surface area contributed by atoms with Crippen LogP contribution in [0, 0.1) is 5.92 Å². The molecule has 1 saturated carbocycles. The molecule has 1 heterocycles. The molecule has 2 rings (SSSR count). The number of rotatable bonds is 4. The SMILES string of the molecule is O=C(O)CCN1CCN(C2CCCC(C(F)(F)F)C2)CC1. The van der Waals surface area contributed by atoms with Crippen molar-refractivity contribution in [2.45, 2.75) is 44.3 Å². The highest BCUT2D eigenvalue weighted by Crippen LogP contribution is 2.39. The highest BCUT2D eigenvalue weighted by molar-refractivity contribution is 5.66. The van der Waals surface area contributed by atoms with E-state index in [0.29, 0.717) is 13.0 Å². The van der Waals surface area contributed by atoms with Gasteiger partial charge in [-0.05, 0) is 19.3 Å². The summed E-state index contributed by atoms with van der Waals surface area (Å²) in [6.07, 6.45) is -1.96. The number of piperazine rings is 1. The number of carbonyl (C=O) groups is 1. The van der Waals surface area contributed by atoms with Crippen molar-refractivity contribution >= 4 is 5.97 Å². The molecule has 0 bridgehead atoms. The molecule has 1 saturated heterocycles. The lowest BCUT2D eigenvalue weighted by Gasteiger charge is -2.42. The number of carboxylic acids is 1. The third-order valence-electron chi connectivity index (χ3n) is 4.67. The van der Waals surface area contributed by atoms with Gasteiger partial charge in [0.05, 0.1) is 12.3 Å². The zero-order valence-electron chi connectivity index (χ0n) is 12.1. The van der Waals surface area contributed by atoms with Crippen molar-refractivity contribution in [3.63, 3.8) is 0 Å². The summed E-state index contributed by atoms with van der Waals surface area (Å²) >= 11 is 0. The Hall–Kier alpha value is -0.820. The van der Waals surface area contributed by atoms with Crippen LogP contribution in [0.4, 0.5) is 13.2 Å². The van der Waals surface area contributed by atoms with Gasteiger partial charge in [0.1, 0.15) is 0 Å². The number of hydrogen-bond donors (Lipinski definition) is 1. The second kappa shape index (κ2) is 6.96. The molecule has 0 radical (unpaired) electrons. The fraction of sp³-hybridized carbons (Fsp3) is 0.929. The topological polar surface area (TPSA) is 43.8 Å².